The van der Waals surface area contributed by atoms with Gasteiger partial charge >= 0.3 is 0 Å². The number of aryl methyl sites for hydroxylation is 2. The molecule has 0 saturated carbocycles. The highest BCUT2D eigenvalue weighted by atomic mass is 16.5. The minimum atomic E-state index is 0.540. The summed E-state index contributed by atoms with van der Waals surface area (Å²) in [5.41, 5.74) is 5.35. The van der Waals surface area contributed by atoms with Crippen molar-refractivity contribution in [2.45, 2.75) is 27.7 Å². The van der Waals surface area contributed by atoms with Gasteiger partial charge in [-0.2, -0.15) is 4.98 Å². The lowest BCUT2D eigenvalue weighted by molar-refractivity contribution is 0.408. The van der Waals surface area contributed by atoms with E-state index in [9.17, 15) is 0 Å². The Morgan fingerprint density at radius 3 is 2.37 bits per heavy atom. The van der Waals surface area contributed by atoms with Gasteiger partial charge in [0, 0.05) is 12.6 Å². The third-order valence-corrected chi connectivity index (χ3v) is 3.49. The summed E-state index contributed by atoms with van der Waals surface area (Å²) in [5.74, 6) is 1.75. The fraction of sp³-hybridized carbons (Fsp3) is 0.400. The molecule has 0 bridgehead atoms. The van der Waals surface area contributed by atoms with Crippen LogP contribution in [0.15, 0.2) is 10.5 Å². The zero-order valence-corrected chi connectivity index (χ0v) is 12.3. The largest absolute Gasteiger partial charge is 0.496 e. The van der Waals surface area contributed by atoms with Gasteiger partial charge < -0.3 is 14.5 Å². The third kappa shape index (κ3) is 2.18. The van der Waals surface area contributed by atoms with E-state index in [-0.39, 0.29) is 0 Å². The quantitative estimate of drug-likeness (QED) is 0.915. The molecule has 0 spiro atoms. The Morgan fingerprint density at radius 2 is 1.84 bits per heavy atom. The fourth-order valence-electron chi connectivity index (χ4n) is 2.36. The van der Waals surface area contributed by atoms with Crippen LogP contribution in [0.5, 0.6) is 5.75 Å². The van der Waals surface area contributed by atoms with Crippen LogP contribution >= 0.6 is 0 Å². The Hall–Kier alpha value is -1.97. The minimum Gasteiger partial charge on any atom is -0.496 e. The van der Waals surface area contributed by atoms with Crippen molar-refractivity contribution >= 4 is 6.01 Å². The summed E-state index contributed by atoms with van der Waals surface area (Å²) in [7, 11) is 3.50. The number of anilines is 1. The fourth-order valence-corrected chi connectivity index (χ4v) is 2.36. The van der Waals surface area contributed by atoms with Crippen LogP contribution in [0.4, 0.5) is 6.01 Å². The lowest BCUT2D eigenvalue weighted by Crippen LogP contribution is -1.96. The van der Waals surface area contributed by atoms with E-state index in [2.05, 4.69) is 30.2 Å². The molecule has 1 aromatic heterocycles. The first kappa shape index (κ1) is 13.5. The molecule has 0 amide bonds. The SMILES string of the molecule is CNc1nc(C)c(-c2cc(C)c(OC)c(C)c2C)o1. The summed E-state index contributed by atoms with van der Waals surface area (Å²) < 4.78 is 11.2. The zero-order valence-electron chi connectivity index (χ0n) is 12.3. The molecule has 1 N–H and O–H groups in total. The van der Waals surface area contributed by atoms with Crippen LogP contribution in [-0.2, 0) is 0 Å². The lowest BCUT2D eigenvalue weighted by atomic mass is 9.96. The van der Waals surface area contributed by atoms with Crippen molar-refractivity contribution in [2.75, 3.05) is 19.5 Å². The van der Waals surface area contributed by atoms with Gasteiger partial charge in [0.15, 0.2) is 5.76 Å². The van der Waals surface area contributed by atoms with Gasteiger partial charge in [0.25, 0.3) is 6.01 Å². The second-order valence-corrected chi connectivity index (χ2v) is 4.71. The maximum absolute atomic E-state index is 5.75. The smallest absolute Gasteiger partial charge is 0.295 e. The molecule has 0 radical (unpaired) electrons. The molecule has 1 heterocycles. The van der Waals surface area contributed by atoms with Crippen molar-refractivity contribution in [3.63, 3.8) is 0 Å². The molecular formula is C15H20N2O2. The van der Waals surface area contributed by atoms with Gasteiger partial charge in [-0.1, -0.05) is 0 Å². The zero-order chi connectivity index (χ0) is 14.2. The summed E-state index contributed by atoms with van der Waals surface area (Å²) in [6.07, 6.45) is 0. The average molecular weight is 260 g/mol. The molecule has 1 aromatic carbocycles. The average Bonchev–Trinajstić information content (AvgIpc) is 2.76. The number of benzene rings is 1. The second-order valence-electron chi connectivity index (χ2n) is 4.71. The molecule has 0 fully saturated rings. The molecule has 2 rings (SSSR count). The van der Waals surface area contributed by atoms with E-state index in [1.54, 1.807) is 14.2 Å². The van der Waals surface area contributed by atoms with E-state index in [4.69, 9.17) is 9.15 Å². The first-order valence-corrected chi connectivity index (χ1v) is 6.30. The standard InChI is InChI=1S/C15H20N2O2/c1-8-7-12(9(2)10(3)13(8)18-6)14-11(4)17-15(16-5)19-14/h7H,1-6H3,(H,16,17). The van der Waals surface area contributed by atoms with Crippen molar-refractivity contribution in [2.24, 2.45) is 0 Å². The number of ether oxygens (including phenoxy) is 1. The number of nitrogens with one attached hydrogen (secondary N) is 1. The van der Waals surface area contributed by atoms with Crippen molar-refractivity contribution < 1.29 is 9.15 Å². The first-order valence-electron chi connectivity index (χ1n) is 6.30. The number of hydrogen-bond acceptors (Lipinski definition) is 4. The van der Waals surface area contributed by atoms with Gasteiger partial charge in [-0.25, -0.2) is 0 Å². The monoisotopic (exact) mass is 260 g/mol. The van der Waals surface area contributed by atoms with Gasteiger partial charge in [0.1, 0.15) is 5.75 Å². The molecular weight excluding hydrogens is 240 g/mol. The van der Waals surface area contributed by atoms with E-state index >= 15 is 0 Å². The van der Waals surface area contributed by atoms with Crippen LogP contribution in [0, 0.1) is 27.7 Å². The minimum absolute atomic E-state index is 0.540. The van der Waals surface area contributed by atoms with E-state index in [0.29, 0.717) is 6.01 Å². The van der Waals surface area contributed by atoms with Crippen molar-refractivity contribution in [3.8, 4) is 17.1 Å². The van der Waals surface area contributed by atoms with E-state index in [0.717, 1.165) is 39.5 Å². The first-order chi connectivity index (χ1) is 8.99. The van der Waals surface area contributed by atoms with Gasteiger partial charge in [0.05, 0.1) is 12.8 Å². The Labute approximate surface area is 113 Å². The highest BCUT2D eigenvalue weighted by molar-refractivity contribution is 5.70. The van der Waals surface area contributed by atoms with Crippen LogP contribution in [0.1, 0.15) is 22.4 Å². The second kappa shape index (κ2) is 4.96. The number of hydrogen-bond donors (Lipinski definition) is 1. The van der Waals surface area contributed by atoms with Crippen LogP contribution in [0.3, 0.4) is 0 Å². The van der Waals surface area contributed by atoms with Crippen LogP contribution < -0.4 is 10.1 Å². The molecule has 4 heteroatoms. The molecule has 0 aliphatic heterocycles. The highest BCUT2D eigenvalue weighted by Crippen LogP contribution is 2.36. The number of rotatable bonds is 3. The Balaban J connectivity index is 2.66. The predicted octanol–water partition coefficient (Wildman–Crippen LogP) is 3.63. The van der Waals surface area contributed by atoms with Gasteiger partial charge in [-0.3, -0.25) is 0 Å². The Kier molecular flexibility index (Phi) is 3.51. The van der Waals surface area contributed by atoms with E-state index in [1.165, 1.54) is 0 Å². The molecule has 0 atom stereocenters. The number of oxazole rings is 1. The normalized spacial score (nSPS) is 10.6. The van der Waals surface area contributed by atoms with Crippen LogP contribution in [0.25, 0.3) is 11.3 Å². The Morgan fingerprint density at radius 1 is 1.16 bits per heavy atom. The maximum atomic E-state index is 5.75. The lowest BCUT2D eigenvalue weighted by Gasteiger charge is -2.14. The van der Waals surface area contributed by atoms with E-state index in [1.807, 2.05) is 13.8 Å². The third-order valence-electron chi connectivity index (χ3n) is 3.49. The molecule has 0 aliphatic rings. The molecule has 0 unspecified atom stereocenters. The summed E-state index contributed by atoms with van der Waals surface area (Å²) in [5, 5.41) is 2.93. The van der Waals surface area contributed by atoms with Gasteiger partial charge in [-0.15, -0.1) is 0 Å². The molecule has 0 aliphatic carbocycles. The number of aromatic nitrogens is 1. The summed E-state index contributed by atoms with van der Waals surface area (Å²) in [6, 6.07) is 2.63. The molecule has 19 heavy (non-hydrogen) atoms. The molecule has 4 nitrogen and oxygen atoms in total. The Bertz CT molecular complexity index is 615. The van der Waals surface area contributed by atoms with Crippen LogP contribution in [-0.4, -0.2) is 19.1 Å². The highest BCUT2D eigenvalue weighted by Gasteiger charge is 2.17. The predicted molar refractivity (Wildman–Crippen MR) is 77.0 cm³/mol. The van der Waals surface area contributed by atoms with Crippen molar-refractivity contribution in [1.82, 2.24) is 4.98 Å². The molecule has 102 valence electrons. The molecule has 2 aromatic rings. The molecule has 0 saturated heterocycles. The summed E-state index contributed by atoms with van der Waals surface area (Å²) >= 11 is 0. The summed E-state index contributed by atoms with van der Waals surface area (Å²) in [4.78, 5) is 4.34. The maximum Gasteiger partial charge on any atom is 0.295 e. The van der Waals surface area contributed by atoms with Gasteiger partial charge in [-0.05, 0) is 50.5 Å². The summed E-state index contributed by atoms with van der Waals surface area (Å²) in [6.45, 7) is 8.14. The number of methoxy groups -OCH3 is 1. The topological polar surface area (TPSA) is 47.3 Å². The van der Waals surface area contributed by atoms with Gasteiger partial charge in [0.2, 0.25) is 0 Å². The van der Waals surface area contributed by atoms with Crippen LogP contribution in [0.2, 0.25) is 0 Å². The number of nitrogens with zero attached hydrogens (tertiary/aromatic N) is 1. The van der Waals surface area contributed by atoms with Crippen molar-refractivity contribution in [3.05, 3.63) is 28.5 Å². The van der Waals surface area contributed by atoms with E-state index < -0.39 is 0 Å². The van der Waals surface area contributed by atoms with Crippen molar-refractivity contribution in [1.29, 1.82) is 0 Å².